The van der Waals surface area contributed by atoms with Crippen LogP contribution in [0.2, 0.25) is 5.02 Å². The minimum atomic E-state index is -0.455. The van der Waals surface area contributed by atoms with Crippen LogP contribution in [0.3, 0.4) is 0 Å². The van der Waals surface area contributed by atoms with Crippen molar-refractivity contribution in [1.29, 1.82) is 0 Å². The fourth-order valence-electron chi connectivity index (χ4n) is 1.93. The maximum absolute atomic E-state index is 10.1. The molecule has 1 atom stereocenters. The van der Waals surface area contributed by atoms with Gasteiger partial charge in [0, 0.05) is 25.0 Å². The second kappa shape index (κ2) is 6.73. The molecule has 0 fully saturated rings. The molecular weight excluding hydrogens is 262 g/mol. The molecule has 0 spiro atoms. The van der Waals surface area contributed by atoms with Gasteiger partial charge in [-0.25, -0.2) is 0 Å². The second-order valence-electron chi connectivity index (χ2n) is 5.87. The second-order valence-corrected chi connectivity index (χ2v) is 6.24. The molecule has 0 bridgehead atoms. The van der Waals surface area contributed by atoms with Crippen molar-refractivity contribution in [3.63, 3.8) is 0 Å². The lowest BCUT2D eigenvalue weighted by atomic mass is 10.1. The number of aliphatic hydroxyl groups excluding tert-OH is 1. The number of β-amino-alcohol motifs (C(OH)–C–C–N with tert-alkyl or cyclic N) is 1. The van der Waals surface area contributed by atoms with Gasteiger partial charge in [-0.2, -0.15) is 5.10 Å². The third-order valence-corrected chi connectivity index (χ3v) is 3.43. The number of aliphatic hydroxyl groups is 1. The lowest BCUT2D eigenvalue weighted by Gasteiger charge is -2.23. The molecule has 1 aromatic heterocycles. The standard InChI is InChI=1S/C14H26ClN3O/c1-6-11-13(15)12(18(7-2)17-11)8-10(19)9-16-14(3,4)5/h10,16,19H,6-9H2,1-5H3. The van der Waals surface area contributed by atoms with Crippen LogP contribution in [0.4, 0.5) is 0 Å². The predicted octanol–water partition coefficient (Wildman–Crippen LogP) is 2.41. The summed E-state index contributed by atoms with van der Waals surface area (Å²) in [5, 5.41) is 18.6. The van der Waals surface area contributed by atoms with Crippen molar-refractivity contribution in [2.45, 2.75) is 65.6 Å². The Labute approximate surface area is 121 Å². The van der Waals surface area contributed by atoms with E-state index in [1.807, 2.05) is 18.5 Å². The summed E-state index contributed by atoms with van der Waals surface area (Å²) in [4.78, 5) is 0. The van der Waals surface area contributed by atoms with E-state index in [9.17, 15) is 5.11 Å². The molecule has 0 aliphatic carbocycles. The first kappa shape index (κ1) is 16.5. The van der Waals surface area contributed by atoms with Gasteiger partial charge in [0.1, 0.15) is 0 Å². The van der Waals surface area contributed by atoms with E-state index in [0.717, 1.165) is 24.4 Å². The Morgan fingerprint density at radius 3 is 2.47 bits per heavy atom. The summed E-state index contributed by atoms with van der Waals surface area (Å²) in [5.41, 5.74) is 1.85. The number of hydrogen-bond acceptors (Lipinski definition) is 3. The molecule has 1 unspecified atom stereocenters. The summed E-state index contributed by atoms with van der Waals surface area (Å²) in [7, 11) is 0. The van der Waals surface area contributed by atoms with Gasteiger partial charge in [-0.15, -0.1) is 0 Å². The van der Waals surface area contributed by atoms with E-state index in [2.05, 4.69) is 31.2 Å². The average molecular weight is 288 g/mol. The van der Waals surface area contributed by atoms with Crippen LogP contribution in [-0.2, 0) is 19.4 Å². The normalized spacial score (nSPS) is 13.8. The Hall–Kier alpha value is -0.580. The zero-order chi connectivity index (χ0) is 14.6. The maximum Gasteiger partial charge on any atom is 0.0850 e. The summed E-state index contributed by atoms with van der Waals surface area (Å²) in [6.07, 6.45) is 0.890. The van der Waals surface area contributed by atoms with Gasteiger partial charge in [-0.1, -0.05) is 18.5 Å². The highest BCUT2D eigenvalue weighted by atomic mass is 35.5. The SMILES string of the molecule is CCc1nn(CC)c(CC(O)CNC(C)(C)C)c1Cl. The summed E-state index contributed by atoms with van der Waals surface area (Å²) in [6.45, 7) is 11.6. The van der Waals surface area contributed by atoms with Crippen molar-refractivity contribution in [3.8, 4) is 0 Å². The van der Waals surface area contributed by atoms with E-state index >= 15 is 0 Å². The van der Waals surface area contributed by atoms with Crippen molar-refractivity contribution in [2.24, 2.45) is 0 Å². The number of nitrogens with one attached hydrogen (secondary N) is 1. The Bertz CT molecular complexity index is 410. The fraction of sp³-hybridized carbons (Fsp3) is 0.786. The molecule has 0 aliphatic heterocycles. The predicted molar refractivity (Wildman–Crippen MR) is 79.8 cm³/mol. The average Bonchev–Trinajstić information content (AvgIpc) is 2.63. The molecule has 0 amide bonds. The van der Waals surface area contributed by atoms with E-state index in [0.29, 0.717) is 18.0 Å². The molecule has 0 saturated carbocycles. The largest absolute Gasteiger partial charge is 0.391 e. The van der Waals surface area contributed by atoms with Crippen molar-refractivity contribution < 1.29 is 5.11 Å². The van der Waals surface area contributed by atoms with E-state index in [-0.39, 0.29) is 5.54 Å². The van der Waals surface area contributed by atoms with Crippen molar-refractivity contribution in [2.75, 3.05) is 6.54 Å². The quantitative estimate of drug-likeness (QED) is 0.845. The van der Waals surface area contributed by atoms with Crippen molar-refractivity contribution >= 4 is 11.6 Å². The molecule has 110 valence electrons. The maximum atomic E-state index is 10.1. The summed E-state index contributed by atoms with van der Waals surface area (Å²) in [5.74, 6) is 0. The molecule has 1 rings (SSSR count). The van der Waals surface area contributed by atoms with Crippen LogP contribution < -0.4 is 5.32 Å². The summed E-state index contributed by atoms with van der Waals surface area (Å²) < 4.78 is 1.89. The molecule has 4 nitrogen and oxygen atoms in total. The van der Waals surface area contributed by atoms with Crippen molar-refractivity contribution in [3.05, 3.63) is 16.4 Å². The molecule has 0 aromatic carbocycles. The van der Waals surface area contributed by atoms with E-state index in [1.54, 1.807) is 0 Å². The molecule has 0 radical (unpaired) electrons. The first-order valence-corrected chi connectivity index (χ1v) is 7.33. The Morgan fingerprint density at radius 2 is 2.00 bits per heavy atom. The van der Waals surface area contributed by atoms with Crippen LogP contribution in [0.1, 0.15) is 46.0 Å². The smallest absolute Gasteiger partial charge is 0.0850 e. The molecular formula is C14H26ClN3O. The summed E-state index contributed by atoms with van der Waals surface area (Å²) in [6, 6.07) is 0. The van der Waals surface area contributed by atoms with Gasteiger partial charge in [0.25, 0.3) is 0 Å². The number of hydrogen-bond donors (Lipinski definition) is 2. The van der Waals surface area contributed by atoms with Gasteiger partial charge in [0.05, 0.1) is 22.5 Å². The number of aromatic nitrogens is 2. The third-order valence-electron chi connectivity index (χ3n) is 2.99. The summed E-state index contributed by atoms with van der Waals surface area (Å²) >= 11 is 6.33. The van der Waals surface area contributed by atoms with Crippen LogP contribution >= 0.6 is 11.6 Å². The lowest BCUT2D eigenvalue weighted by molar-refractivity contribution is 0.158. The Morgan fingerprint density at radius 1 is 1.37 bits per heavy atom. The van der Waals surface area contributed by atoms with Gasteiger partial charge >= 0.3 is 0 Å². The highest BCUT2D eigenvalue weighted by molar-refractivity contribution is 6.31. The zero-order valence-corrected chi connectivity index (χ0v) is 13.4. The topological polar surface area (TPSA) is 50.1 Å². The van der Waals surface area contributed by atoms with Gasteiger partial charge in [0.15, 0.2) is 0 Å². The number of nitrogens with zero attached hydrogens (tertiary/aromatic N) is 2. The molecule has 0 aliphatic rings. The lowest BCUT2D eigenvalue weighted by Crippen LogP contribution is -2.41. The first-order chi connectivity index (χ1) is 8.78. The van der Waals surface area contributed by atoms with E-state index in [1.165, 1.54) is 0 Å². The number of halogens is 1. The minimum Gasteiger partial charge on any atom is -0.391 e. The minimum absolute atomic E-state index is 0.00432. The molecule has 19 heavy (non-hydrogen) atoms. The third kappa shape index (κ3) is 4.79. The molecule has 0 saturated heterocycles. The van der Waals surface area contributed by atoms with Crippen LogP contribution in [0.15, 0.2) is 0 Å². The van der Waals surface area contributed by atoms with E-state index < -0.39 is 6.10 Å². The van der Waals surface area contributed by atoms with Gasteiger partial charge in [-0.05, 0) is 34.1 Å². The first-order valence-electron chi connectivity index (χ1n) is 6.95. The van der Waals surface area contributed by atoms with Gasteiger partial charge in [0.2, 0.25) is 0 Å². The van der Waals surface area contributed by atoms with E-state index in [4.69, 9.17) is 11.6 Å². The number of rotatable bonds is 6. The molecule has 2 N–H and O–H groups in total. The van der Waals surface area contributed by atoms with Crippen LogP contribution in [0.25, 0.3) is 0 Å². The Balaban J connectivity index is 2.73. The van der Waals surface area contributed by atoms with Gasteiger partial charge < -0.3 is 10.4 Å². The highest BCUT2D eigenvalue weighted by Crippen LogP contribution is 2.22. The van der Waals surface area contributed by atoms with Crippen molar-refractivity contribution in [1.82, 2.24) is 15.1 Å². The highest BCUT2D eigenvalue weighted by Gasteiger charge is 2.19. The van der Waals surface area contributed by atoms with Crippen LogP contribution in [0.5, 0.6) is 0 Å². The van der Waals surface area contributed by atoms with Crippen LogP contribution in [0, 0.1) is 0 Å². The Kier molecular flexibility index (Phi) is 5.83. The fourth-order valence-corrected chi connectivity index (χ4v) is 2.28. The monoisotopic (exact) mass is 287 g/mol. The van der Waals surface area contributed by atoms with Gasteiger partial charge in [-0.3, -0.25) is 4.68 Å². The molecule has 1 heterocycles. The molecule has 1 aromatic rings. The zero-order valence-electron chi connectivity index (χ0n) is 12.6. The molecule has 5 heteroatoms. The number of aryl methyl sites for hydroxylation is 2. The van der Waals surface area contributed by atoms with Crippen LogP contribution in [-0.4, -0.2) is 33.1 Å².